The highest BCUT2D eigenvalue weighted by Crippen LogP contribution is 2.47. The molecule has 37 heavy (non-hydrogen) atoms. The molecular weight excluding hydrogens is 494 g/mol. The van der Waals surface area contributed by atoms with Crippen LogP contribution < -0.4 is 24.5 Å². The molecule has 0 fully saturated rings. The van der Waals surface area contributed by atoms with Crippen molar-refractivity contribution in [3.05, 3.63) is 68.0 Å². The number of hydrogen-bond donors (Lipinski definition) is 0. The molecule has 1 aliphatic rings. The van der Waals surface area contributed by atoms with Crippen molar-refractivity contribution in [1.29, 1.82) is 0 Å². The fraction of sp³-hybridized carbons (Fsp3) is 0.333. The van der Waals surface area contributed by atoms with Gasteiger partial charge in [-0.2, -0.15) is 0 Å². The van der Waals surface area contributed by atoms with Gasteiger partial charge in [0.1, 0.15) is 10.6 Å². The molecule has 1 amide bonds. The van der Waals surface area contributed by atoms with E-state index in [4.69, 9.17) is 18.6 Å². The number of aromatic nitrogens is 2. The van der Waals surface area contributed by atoms with Gasteiger partial charge in [0.25, 0.3) is 5.91 Å². The zero-order chi connectivity index (χ0) is 26.4. The molecule has 0 aliphatic carbocycles. The summed E-state index contributed by atoms with van der Waals surface area (Å²) in [5.41, 5.74) is 1.81. The van der Waals surface area contributed by atoms with Crippen LogP contribution in [0.15, 0.2) is 39.5 Å². The minimum atomic E-state index is -0.836. The Kier molecular flexibility index (Phi) is 6.36. The molecule has 0 spiro atoms. The second kappa shape index (κ2) is 9.51. The number of rotatable bonds is 7. The molecule has 10 heteroatoms. The van der Waals surface area contributed by atoms with E-state index in [1.165, 1.54) is 37.6 Å². The van der Waals surface area contributed by atoms with Crippen molar-refractivity contribution < 1.29 is 23.4 Å². The Morgan fingerprint density at radius 2 is 1.73 bits per heavy atom. The standard InChI is InChI=1S/C27H27N3O6S/c1-13(2)9-20-28-29-27(37-20)30-22(15-11-18(33-4)24(35-6)19(12-15)34-5)21-23(31)16-10-14(3)7-8-17(16)36-25(21)26(30)32/h7-8,10-13,22H,9H2,1-6H3. The SMILES string of the molecule is COc1cc(C2c3c(oc4ccc(C)cc4c3=O)C(=O)N2c2nnc(CC(C)C)s2)cc(OC)c1OC. The molecule has 0 radical (unpaired) electrons. The van der Waals surface area contributed by atoms with Crippen LogP contribution in [-0.2, 0) is 6.42 Å². The second-order valence-corrected chi connectivity index (χ2v) is 10.3. The van der Waals surface area contributed by atoms with E-state index >= 15 is 0 Å². The van der Waals surface area contributed by atoms with E-state index in [0.29, 0.717) is 44.8 Å². The summed E-state index contributed by atoms with van der Waals surface area (Å²) in [5.74, 6) is 1.10. The second-order valence-electron chi connectivity index (χ2n) is 9.29. The zero-order valence-corrected chi connectivity index (χ0v) is 22.3. The quantitative estimate of drug-likeness (QED) is 0.337. The highest BCUT2D eigenvalue weighted by atomic mass is 32.1. The van der Waals surface area contributed by atoms with Gasteiger partial charge in [0.2, 0.25) is 16.6 Å². The number of fused-ring (bicyclic) bond motifs is 2. The lowest BCUT2D eigenvalue weighted by Gasteiger charge is -2.24. The van der Waals surface area contributed by atoms with Crippen molar-refractivity contribution in [2.75, 3.05) is 26.2 Å². The summed E-state index contributed by atoms with van der Waals surface area (Å²) in [7, 11) is 4.54. The summed E-state index contributed by atoms with van der Waals surface area (Å²) >= 11 is 1.32. The van der Waals surface area contributed by atoms with Gasteiger partial charge in [-0.1, -0.05) is 36.8 Å². The third-order valence-electron chi connectivity index (χ3n) is 6.27. The van der Waals surface area contributed by atoms with Crippen molar-refractivity contribution in [1.82, 2.24) is 10.2 Å². The number of amides is 1. The van der Waals surface area contributed by atoms with Crippen molar-refractivity contribution in [2.45, 2.75) is 33.2 Å². The van der Waals surface area contributed by atoms with E-state index in [1.807, 2.05) is 13.0 Å². The number of aryl methyl sites for hydroxylation is 1. The summed E-state index contributed by atoms with van der Waals surface area (Å²) < 4.78 is 22.7. The van der Waals surface area contributed by atoms with Crippen LogP contribution in [0.1, 0.15) is 52.1 Å². The van der Waals surface area contributed by atoms with Crippen LogP contribution in [0.25, 0.3) is 11.0 Å². The first kappa shape index (κ1) is 24.8. The van der Waals surface area contributed by atoms with Crippen molar-refractivity contribution in [3.63, 3.8) is 0 Å². The third-order valence-corrected chi connectivity index (χ3v) is 7.22. The normalized spacial score (nSPS) is 14.9. The maximum absolute atomic E-state index is 13.9. The summed E-state index contributed by atoms with van der Waals surface area (Å²) in [4.78, 5) is 29.2. The topological polar surface area (TPSA) is 104 Å². The molecule has 2 aromatic heterocycles. The molecule has 1 atom stereocenters. The maximum Gasteiger partial charge on any atom is 0.297 e. The summed E-state index contributed by atoms with van der Waals surface area (Å²) in [6, 6.07) is 7.95. The lowest BCUT2D eigenvalue weighted by Crippen LogP contribution is -2.29. The number of nitrogens with zero attached hydrogens (tertiary/aromatic N) is 3. The Hall–Kier alpha value is -3.92. The van der Waals surface area contributed by atoms with Crippen LogP contribution in [0.4, 0.5) is 5.13 Å². The van der Waals surface area contributed by atoms with Gasteiger partial charge < -0.3 is 18.6 Å². The van der Waals surface area contributed by atoms with E-state index in [1.54, 1.807) is 24.3 Å². The number of ether oxygens (including phenoxy) is 3. The first-order chi connectivity index (χ1) is 17.8. The molecule has 0 saturated heterocycles. The van der Waals surface area contributed by atoms with Crippen molar-refractivity contribution >= 4 is 33.3 Å². The highest BCUT2D eigenvalue weighted by molar-refractivity contribution is 7.15. The van der Waals surface area contributed by atoms with Gasteiger partial charge in [0.05, 0.1) is 38.3 Å². The number of methoxy groups -OCH3 is 3. The summed E-state index contributed by atoms with van der Waals surface area (Å²) in [6.07, 6.45) is 0.724. The highest BCUT2D eigenvalue weighted by Gasteiger charge is 2.45. The number of carbonyl (C=O) groups excluding carboxylic acids is 1. The zero-order valence-electron chi connectivity index (χ0n) is 21.4. The van der Waals surface area contributed by atoms with E-state index < -0.39 is 11.9 Å². The smallest absolute Gasteiger partial charge is 0.297 e. The predicted octanol–water partition coefficient (Wildman–Crippen LogP) is 4.93. The lowest BCUT2D eigenvalue weighted by molar-refractivity contribution is 0.0970. The molecule has 1 unspecified atom stereocenters. The number of hydrogen-bond acceptors (Lipinski definition) is 9. The number of anilines is 1. The molecule has 3 heterocycles. The van der Waals surface area contributed by atoms with E-state index in [0.717, 1.165) is 17.0 Å². The molecule has 9 nitrogen and oxygen atoms in total. The molecule has 2 aromatic carbocycles. The summed E-state index contributed by atoms with van der Waals surface area (Å²) in [5, 5.41) is 10.2. The van der Waals surface area contributed by atoms with Gasteiger partial charge in [-0.25, -0.2) is 0 Å². The average Bonchev–Trinajstić information content (AvgIpc) is 3.45. The monoisotopic (exact) mass is 521 g/mol. The first-order valence-electron chi connectivity index (χ1n) is 11.8. The fourth-order valence-electron chi connectivity index (χ4n) is 4.63. The maximum atomic E-state index is 13.9. The number of benzene rings is 2. The largest absolute Gasteiger partial charge is 0.493 e. The van der Waals surface area contributed by atoms with E-state index in [-0.39, 0.29) is 16.8 Å². The van der Waals surface area contributed by atoms with Crippen LogP contribution in [0.3, 0.4) is 0 Å². The lowest BCUT2D eigenvalue weighted by atomic mass is 9.97. The van der Waals surface area contributed by atoms with Gasteiger partial charge in [-0.05, 0) is 42.7 Å². The molecule has 5 rings (SSSR count). The van der Waals surface area contributed by atoms with E-state index in [2.05, 4.69) is 24.0 Å². The van der Waals surface area contributed by atoms with Crippen LogP contribution in [0, 0.1) is 12.8 Å². The van der Waals surface area contributed by atoms with Gasteiger partial charge in [0, 0.05) is 6.42 Å². The van der Waals surface area contributed by atoms with Crippen LogP contribution in [-0.4, -0.2) is 37.4 Å². The Morgan fingerprint density at radius 1 is 1.03 bits per heavy atom. The minimum Gasteiger partial charge on any atom is -0.493 e. The Morgan fingerprint density at radius 3 is 2.35 bits per heavy atom. The van der Waals surface area contributed by atoms with Gasteiger partial charge in [0.15, 0.2) is 16.9 Å². The molecule has 0 bridgehead atoms. The molecule has 0 saturated carbocycles. The Labute approximate surface area is 217 Å². The minimum absolute atomic E-state index is 0.0132. The molecule has 0 N–H and O–H groups in total. The van der Waals surface area contributed by atoms with Crippen molar-refractivity contribution in [3.8, 4) is 17.2 Å². The number of carbonyl (C=O) groups is 1. The van der Waals surface area contributed by atoms with Crippen LogP contribution in [0.5, 0.6) is 17.2 Å². The Bertz CT molecular complexity index is 1550. The van der Waals surface area contributed by atoms with Gasteiger partial charge >= 0.3 is 0 Å². The predicted molar refractivity (Wildman–Crippen MR) is 140 cm³/mol. The summed E-state index contributed by atoms with van der Waals surface area (Å²) in [6.45, 7) is 6.08. The van der Waals surface area contributed by atoms with Gasteiger partial charge in [-0.15, -0.1) is 10.2 Å². The van der Waals surface area contributed by atoms with Crippen LogP contribution >= 0.6 is 11.3 Å². The fourth-order valence-corrected chi connectivity index (χ4v) is 5.71. The van der Waals surface area contributed by atoms with Crippen molar-refractivity contribution in [2.24, 2.45) is 5.92 Å². The molecule has 192 valence electrons. The van der Waals surface area contributed by atoms with Crippen LogP contribution in [0.2, 0.25) is 0 Å². The molecule has 1 aliphatic heterocycles. The average molecular weight is 522 g/mol. The Balaban J connectivity index is 1.79. The molecular formula is C27H27N3O6S. The van der Waals surface area contributed by atoms with Gasteiger partial charge in [-0.3, -0.25) is 14.5 Å². The third kappa shape index (κ3) is 4.11. The molecule has 4 aromatic rings. The first-order valence-corrected chi connectivity index (χ1v) is 12.6. The van der Waals surface area contributed by atoms with E-state index in [9.17, 15) is 9.59 Å².